The third-order valence-corrected chi connectivity index (χ3v) is 3.65. The van der Waals surface area contributed by atoms with Crippen LogP contribution in [0.25, 0.3) is 0 Å². The standard InChI is InChI=1S/C17H21ClN4O4/c1-3-25-15(23)11-14(16(24)26-4-2)20-21-17-19-9-10-22(17)13-7-5-12(18)6-8-13/h5-8H,3-4,9-11H2,1-2H3,(H,19,21)/b20-14+. The molecule has 0 saturated heterocycles. The van der Waals surface area contributed by atoms with Crippen LogP contribution in [0.4, 0.5) is 5.69 Å². The van der Waals surface area contributed by atoms with Crippen LogP contribution in [0.2, 0.25) is 5.02 Å². The number of rotatable bonds is 7. The summed E-state index contributed by atoms with van der Waals surface area (Å²) >= 11 is 5.91. The number of halogens is 1. The molecular formula is C17H21ClN4O4. The fourth-order valence-electron chi connectivity index (χ4n) is 2.25. The van der Waals surface area contributed by atoms with Gasteiger partial charge < -0.3 is 14.4 Å². The monoisotopic (exact) mass is 380 g/mol. The number of ether oxygens (including phenoxy) is 2. The molecule has 1 aromatic carbocycles. The van der Waals surface area contributed by atoms with Crippen molar-refractivity contribution in [2.75, 3.05) is 31.2 Å². The van der Waals surface area contributed by atoms with Crippen molar-refractivity contribution in [3.63, 3.8) is 0 Å². The lowest BCUT2D eigenvalue weighted by molar-refractivity contribution is -0.143. The second-order valence-corrected chi connectivity index (χ2v) is 5.64. The Labute approximate surface area is 156 Å². The summed E-state index contributed by atoms with van der Waals surface area (Å²) in [6, 6.07) is 7.28. The van der Waals surface area contributed by atoms with Crippen molar-refractivity contribution in [3.05, 3.63) is 29.3 Å². The van der Waals surface area contributed by atoms with E-state index in [1.807, 2.05) is 17.0 Å². The Kier molecular flexibility index (Phi) is 7.40. The summed E-state index contributed by atoms with van der Waals surface area (Å²) < 4.78 is 9.80. The molecule has 8 nitrogen and oxygen atoms in total. The van der Waals surface area contributed by atoms with Gasteiger partial charge in [-0.2, -0.15) is 5.10 Å². The van der Waals surface area contributed by atoms with Gasteiger partial charge in [0, 0.05) is 17.3 Å². The zero-order valence-electron chi connectivity index (χ0n) is 14.7. The highest BCUT2D eigenvalue weighted by molar-refractivity contribution is 6.39. The van der Waals surface area contributed by atoms with E-state index in [1.54, 1.807) is 26.0 Å². The van der Waals surface area contributed by atoms with Crippen LogP contribution in [0.5, 0.6) is 0 Å². The molecule has 0 radical (unpaired) electrons. The lowest BCUT2D eigenvalue weighted by atomic mass is 10.3. The highest BCUT2D eigenvalue weighted by Gasteiger charge is 2.21. The summed E-state index contributed by atoms with van der Waals surface area (Å²) in [6.45, 7) is 5.00. The predicted molar refractivity (Wildman–Crippen MR) is 99.6 cm³/mol. The first kappa shape index (κ1) is 19.7. The highest BCUT2D eigenvalue weighted by Crippen LogP contribution is 2.19. The zero-order chi connectivity index (χ0) is 18.9. The SMILES string of the molecule is CCOC(=O)C/C(=N\NC1=NCCN1c1ccc(Cl)cc1)C(=O)OCC. The summed E-state index contributed by atoms with van der Waals surface area (Å²) in [5.74, 6) is -0.758. The van der Waals surface area contributed by atoms with Crippen molar-refractivity contribution in [2.45, 2.75) is 20.3 Å². The molecular weight excluding hydrogens is 360 g/mol. The smallest absolute Gasteiger partial charge is 0.355 e. The second kappa shape index (κ2) is 9.76. The van der Waals surface area contributed by atoms with Crippen molar-refractivity contribution in [3.8, 4) is 0 Å². The average molecular weight is 381 g/mol. The molecule has 26 heavy (non-hydrogen) atoms. The minimum absolute atomic E-state index is 0.0732. The summed E-state index contributed by atoms with van der Waals surface area (Å²) in [6.07, 6.45) is -0.284. The number of carbonyl (C=O) groups is 2. The number of aliphatic imine (C=N–C) groups is 1. The molecule has 140 valence electrons. The van der Waals surface area contributed by atoms with Gasteiger partial charge in [0.2, 0.25) is 5.96 Å². The molecule has 0 aliphatic carbocycles. The van der Waals surface area contributed by atoms with Gasteiger partial charge in [0.05, 0.1) is 26.2 Å². The van der Waals surface area contributed by atoms with Crippen LogP contribution in [0.3, 0.4) is 0 Å². The molecule has 0 unspecified atom stereocenters. The van der Waals surface area contributed by atoms with Crippen LogP contribution in [-0.2, 0) is 19.1 Å². The first-order valence-corrected chi connectivity index (χ1v) is 8.65. The van der Waals surface area contributed by atoms with Crippen molar-refractivity contribution in [1.29, 1.82) is 0 Å². The number of nitrogens with zero attached hydrogens (tertiary/aromatic N) is 3. The fourth-order valence-corrected chi connectivity index (χ4v) is 2.38. The Morgan fingerprint density at radius 3 is 2.58 bits per heavy atom. The Morgan fingerprint density at radius 2 is 1.92 bits per heavy atom. The molecule has 1 heterocycles. The molecule has 9 heteroatoms. The molecule has 2 rings (SSSR count). The highest BCUT2D eigenvalue weighted by atomic mass is 35.5. The summed E-state index contributed by atoms with van der Waals surface area (Å²) in [7, 11) is 0. The number of carbonyl (C=O) groups excluding carboxylic acids is 2. The molecule has 0 saturated carbocycles. The Bertz CT molecular complexity index is 703. The first-order valence-electron chi connectivity index (χ1n) is 8.28. The number of hydrogen-bond donors (Lipinski definition) is 1. The molecule has 0 atom stereocenters. The van der Waals surface area contributed by atoms with E-state index in [2.05, 4.69) is 15.5 Å². The van der Waals surface area contributed by atoms with Gasteiger partial charge in [0.1, 0.15) is 0 Å². The number of hydrogen-bond acceptors (Lipinski definition) is 8. The molecule has 0 fully saturated rings. The number of nitrogens with one attached hydrogen (secondary N) is 1. The number of guanidine groups is 1. The lowest BCUT2D eigenvalue weighted by Crippen LogP contribution is -2.37. The van der Waals surface area contributed by atoms with Crippen LogP contribution in [-0.4, -0.2) is 49.9 Å². The van der Waals surface area contributed by atoms with E-state index in [4.69, 9.17) is 21.1 Å². The van der Waals surface area contributed by atoms with E-state index in [-0.39, 0.29) is 25.3 Å². The quantitative estimate of drug-likeness (QED) is 0.441. The maximum atomic E-state index is 12.0. The van der Waals surface area contributed by atoms with Crippen molar-refractivity contribution in [2.24, 2.45) is 10.1 Å². The van der Waals surface area contributed by atoms with Crippen LogP contribution in [0.15, 0.2) is 34.4 Å². The minimum atomic E-state index is -0.676. The first-order chi connectivity index (χ1) is 12.5. The van der Waals surface area contributed by atoms with Crippen LogP contribution >= 0.6 is 11.6 Å². The van der Waals surface area contributed by atoms with E-state index in [0.29, 0.717) is 24.1 Å². The number of esters is 2. The van der Waals surface area contributed by atoms with Gasteiger partial charge in [-0.15, -0.1) is 0 Å². The van der Waals surface area contributed by atoms with Gasteiger partial charge in [-0.1, -0.05) is 11.6 Å². The van der Waals surface area contributed by atoms with Gasteiger partial charge >= 0.3 is 11.9 Å². The Hall–Kier alpha value is -2.61. The van der Waals surface area contributed by atoms with Crippen molar-refractivity contribution < 1.29 is 19.1 Å². The summed E-state index contributed by atoms with van der Waals surface area (Å²) in [5, 5.41) is 4.67. The molecule has 0 amide bonds. The maximum absolute atomic E-state index is 12.0. The Balaban J connectivity index is 2.11. The number of benzene rings is 1. The molecule has 0 bridgehead atoms. The molecule has 1 N–H and O–H groups in total. The molecule has 1 aliphatic rings. The minimum Gasteiger partial charge on any atom is -0.466 e. The van der Waals surface area contributed by atoms with E-state index in [9.17, 15) is 9.59 Å². The van der Waals surface area contributed by atoms with Gasteiger partial charge in [0.15, 0.2) is 5.71 Å². The molecule has 1 aliphatic heterocycles. The van der Waals surface area contributed by atoms with Crippen molar-refractivity contribution in [1.82, 2.24) is 5.43 Å². The molecule has 0 spiro atoms. The van der Waals surface area contributed by atoms with E-state index in [1.165, 1.54) is 0 Å². The van der Waals surface area contributed by atoms with Gasteiger partial charge in [0.25, 0.3) is 0 Å². The summed E-state index contributed by atoms with van der Waals surface area (Å²) in [5.41, 5.74) is 3.57. The fraction of sp³-hybridized carbons (Fsp3) is 0.412. The molecule has 1 aromatic rings. The topological polar surface area (TPSA) is 92.6 Å². The molecule has 0 aromatic heterocycles. The Morgan fingerprint density at radius 1 is 1.23 bits per heavy atom. The van der Waals surface area contributed by atoms with Crippen molar-refractivity contribution >= 4 is 40.9 Å². The number of anilines is 1. The predicted octanol–water partition coefficient (Wildman–Crippen LogP) is 1.98. The third-order valence-electron chi connectivity index (χ3n) is 3.40. The third kappa shape index (κ3) is 5.45. The van der Waals surface area contributed by atoms with Gasteiger partial charge in [-0.25, -0.2) is 15.2 Å². The van der Waals surface area contributed by atoms with Crippen LogP contribution in [0, 0.1) is 0 Å². The van der Waals surface area contributed by atoms with Gasteiger partial charge in [-0.05, 0) is 38.1 Å². The zero-order valence-corrected chi connectivity index (χ0v) is 15.5. The van der Waals surface area contributed by atoms with E-state index < -0.39 is 11.9 Å². The maximum Gasteiger partial charge on any atom is 0.355 e. The second-order valence-electron chi connectivity index (χ2n) is 5.21. The lowest BCUT2D eigenvalue weighted by Gasteiger charge is -2.19. The van der Waals surface area contributed by atoms with Gasteiger partial charge in [-0.3, -0.25) is 4.79 Å². The largest absolute Gasteiger partial charge is 0.466 e. The van der Waals surface area contributed by atoms with E-state index >= 15 is 0 Å². The summed E-state index contributed by atoms with van der Waals surface area (Å²) in [4.78, 5) is 29.9. The number of hydrazone groups is 1. The normalized spacial score (nSPS) is 14.0. The van der Waals surface area contributed by atoms with Crippen LogP contribution < -0.4 is 10.3 Å². The average Bonchev–Trinajstić information content (AvgIpc) is 3.08. The van der Waals surface area contributed by atoms with Crippen LogP contribution in [0.1, 0.15) is 20.3 Å². The van der Waals surface area contributed by atoms with E-state index in [0.717, 1.165) is 5.69 Å².